The summed E-state index contributed by atoms with van der Waals surface area (Å²) < 4.78 is 20.1. The molecule has 0 saturated carbocycles. The maximum Gasteiger partial charge on any atom is 0.275 e. The number of hydrogen-bond acceptors (Lipinski definition) is 4. The molecule has 0 N–H and O–H groups in total. The lowest BCUT2D eigenvalue weighted by Crippen LogP contribution is -2.58. The highest BCUT2D eigenvalue weighted by molar-refractivity contribution is 5.92. The van der Waals surface area contributed by atoms with Crippen LogP contribution in [0.15, 0.2) is 48.7 Å². The zero-order valence-electron chi connectivity index (χ0n) is 16.4. The summed E-state index contributed by atoms with van der Waals surface area (Å²) in [6, 6.07) is 13.3. The van der Waals surface area contributed by atoms with Crippen LogP contribution in [0.3, 0.4) is 0 Å². The van der Waals surface area contributed by atoms with Crippen LogP contribution in [0, 0.1) is 5.82 Å². The number of aromatic nitrogens is 1. The Hall–Kier alpha value is -2.02. The molecule has 4 rings (SSSR count). The van der Waals surface area contributed by atoms with Gasteiger partial charge in [0, 0.05) is 32.4 Å². The van der Waals surface area contributed by atoms with Crippen molar-refractivity contribution >= 4 is 18.3 Å². The Morgan fingerprint density at radius 1 is 1.10 bits per heavy atom. The van der Waals surface area contributed by atoms with Crippen molar-refractivity contribution < 1.29 is 13.9 Å². The molecule has 1 aromatic heterocycles. The van der Waals surface area contributed by atoms with Gasteiger partial charge in [-0.25, -0.2) is 9.37 Å². The van der Waals surface area contributed by atoms with E-state index < -0.39 is 5.82 Å². The number of likely N-dealkylation sites (tertiary alicyclic amines) is 1. The Bertz CT molecular complexity index is 813. The molecular weight excluding hydrogens is 393 g/mol. The smallest absolute Gasteiger partial charge is 0.275 e. The number of benzene rings is 1. The quantitative estimate of drug-likeness (QED) is 0.763. The third kappa shape index (κ3) is 5.13. The Kier molecular flexibility index (Phi) is 7.22. The number of nitrogens with zero attached hydrogens (tertiary/aromatic N) is 3. The van der Waals surface area contributed by atoms with Gasteiger partial charge in [0.1, 0.15) is 0 Å². The first-order valence-electron chi connectivity index (χ1n) is 9.95. The molecule has 0 aliphatic carbocycles. The average Bonchev–Trinajstić information content (AvgIpc) is 2.74. The van der Waals surface area contributed by atoms with Crippen LogP contribution in [0.5, 0.6) is 0 Å². The molecule has 1 amide bonds. The predicted octanol–water partition coefficient (Wildman–Crippen LogP) is 3.19. The van der Waals surface area contributed by atoms with Crippen molar-refractivity contribution in [3.8, 4) is 0 Å². The number of pyridine rings is 1. The van der Waals surface area contributed by atoms with Gasteiger partial charge in [-0.3, -0.25) is 4.79 Å². The van der Waals surface area contributed by atoms with E-state index in [9.17, 15) is 9.18 Å². The molecule has 2 fully saturated rings. The first kappa shape index (κ1) is 21.7. The fraction of sp³-hybridized carbons (Fsp3) is 0.455. The van der Waals surface area contributed by atoms with Gasteiger partial charge in [0.2, 0.25) is 0 Å². The molecule has 156 valence electrons. The molecule has 2 aromatic rings. The van der Waals surface area contributed by atoms with Gasteiger partial charge in [0.25, 0.3) is 5.91 Å². The number of carbonyl (C=O) groups excluding carboxylic acids is 1. The van der Waals surface area contributed by atoms with E-state index in [0.29, 0.717) is 19.7 Å². The van der Waals surface area contributed by atoms with Gasteiger partial charge < -0.3 is 14.5 Å². The summed E-state index contributed by atoms with van der Waals surface area (Å²) in [5.41, 5.74) is 0.938. The van der Waals surface area contributed by atoms with Crippen molar-refractivity contribution in [3.05, 3.63) is 65.7 Å². The van der Waals surface area contributed by atoms with Crippen LogP contribution >= 0.6 is 12.4 Å². The zero-order valence-corrected chi connectivity index (χ0v) is 17.2. The molecule has 0 atom stereocenters. The molecule has 29 heavy (non-hydrogen) atoms. The number of piperidine rings is 1. The summed E-state index contributed by atoms with van der Waals surface area (Å²) in [6.07, 6.45) is 4.27. The van der Waals surface area contributed by atoms with Crippen molar-refractivity contribution in [1.29, 1.82) is 0 Å². The van der Waals surface area contributed by atoms with E-state index in [0.717, 1.165) is 38.9 Å². The molecule has 5 nitrogen and oxygen atoms in total. The highest BCUT2D eigenvalue weighted by atomic mass is 35.5. The number of hydrogen-bond donors (Lipinski definition) is 0. The Morgan fingerprint density at radius 2 is 1.86 bits per heavy atom. The standard InChI is InChI=1S/C22H26FN3O2.ClH/c23-19-7-4-11-24-20(19)21(27)26-15-16-28-22(17-26)9-13-25(14-10-22)12-8-18-5-2-1-3-6-18;/h1-7,11H,8-10,12-17H2;1H. The number of rotatable bonds is 4. The first-order valence-corrected chi connectivity index (χ1v) is 9.95. The summed E-state index contributed by atoms with van der Waals surface area (Å²) in [4.78, 5) is 20.8. The number of carbonyl (C=O) groups is 1. The van der Waals surface area contributed by atoms with Gasteiger partial charge in [-0.1, -0.05) is 30.3 Å². The van der Waals surface area contributed by atoms with Gasteiger partial charge >= 0.3 is 0 Å². The van der Waals surface area contributed by atoms with Crippen LogP contribution in [0.4, 0.5) is 4.39 Å². The largest absolute Gasteiger partial charge is 0.371 e. The monoisotopic (exact) mass is 419 g/mol. The van der Waals surface area contributed by atoms with Gasteiger partial charge in [0.15, 0.2) is 11.5 Å². The Labute approximate surface area is 177 Å². The van der Waals surface area contributed by atoms with E-state index in [1.165, 1.54) is 23.9 Å². The highest BCUT2D eigenvalue weighted by Crippen LogP contribution is 2.31. The second-order valence-corrected chi connectivity index (χ2v) is 7.67. The zero-order chi connectivity index (χ0) is 19.4. The second-order valence-electron chi connectivity index (χ2n) is 7.67. The second kappa shape index (κ2) is 9.65. The SMILES string of the molecule is Cl.O=C(c1ncccc1F)N1CCOC2(CCN(CCc3ccccc3)CC2)C1. The fourth-order valence-corrected chi connectivity index (χ4v) is 4.13. The fourth-order valence-electron chi connectivity index (χ4n) is 4.13. The summed E-state index contributed by atoms with van der Waals surface area (Å²) >= 11 is 0. The lowest BCUT2D eigenvalue weighted by atomic mass is 9.89. The summed E-state index contributed by atoms with van der Waals surface area (Å²) in [6.45, 7) is 4.41. The Morgan fingerprint density at radius 3 is 2.59 bits per heavy atom. The summed E-state index contributed by atoms with van der Waals surface area (Å²) in [5.74, 6) is -0.906. The topological polar surface area (TPSA) is 45.7 Å². The van der Waals surface area contributed by atoms with Crippen LogP contribution in [0.1, 0.15) is 28.9 Å². The molecule has 2 aliphatic heterocycles. The minimum absolute atomic E-state index is 0. The van der Waals surface area contributed by atoms with Crippen LogP contribution < -0.4 is 0 Å². The molecule has 2 aliphatic rings. The maximum atomic E-state index is 14.0. The van der Waals surface area contributed by atoms with Gasteiger partial charge in [-0.05, 0) is 37.0 Å². The maximum absolute atomic E-state index is 14.0. The molecule has 0 bridgehead atoms. The number of morpholine rings is 1. The molecule has 7 heteroatoms. The van der Waals surface area contributed by atoms with Crippen LogP contribution in [-0.2, 0) is 11.2 Å². The molecule has 0 radical (unpaired) electrons. The van der Waals surface area contributed by atoms with E-state index >= 15 is 0 Å². The molecule has 2 saturated heterocycles. The summed E-state index contributed by atoms with van der Waals surface area (Å²) in [5, 5.41) is 0. The normalized spacial score (nSPS) is 19.0. The first-order chi connectivity index (χ1) is 13.7. The third-order valence-electron chi connectivity index (χ3n) is 5.82. The van der Waals surface area contributed by atoms with Gasteiger partial charge in [0.05, 0.1) is 18.8 Å². The van der Waals surface area contributed by atoms with Crippen molar-refractivity contribution in [1.82, 2.24) is 14.8 Å². The predicted molar refractivity (Wildman–Crippen MR) is 112 cm³/mol. The van der Waals surface area contributed by atoms with Crippen molar-refractivity contribution in [2.45, 2.75) is 24.9 Å². The van der Waals surface area contributed by atoms with E-state index in [1.54, 1.807) is 4.90 Å². The van der Waals surface area contributed by atoms with Crippen LogP contribution in [-0.4, -0.2) is 65.6 Å². The number of halogens is 2. The molecular formula is C22H27ClFN3O2. The lowest BCUT2D eigenvalue weighted by Gasteiger charge is -2.47. The molecule has 3 heterocycles. The van der Waals surface area contributed by atoms with E-state index in [4.69, 9.17) is 4.74 Å². The van der Waals surface area contributed by atoms with E-state index in [1.807, 2.05) is 6.07 Å². The number of amides is 1. The van der Waals surface area contributed by atoms with Gasteiger partial charge in [-0.2, -0.15) is 0 Å². The number of ether oxygens (including phenoxy) is 1. The highest BCUT2D eigenvalue weighted by Gasteiger charge is 2.41. The third-order valence-corrected chi connectivity index (χ3v) is 5.82. The average molecular weight is 420 g/mol. The van der Waals surface area contributed by atoms with E-state index in [2.05, 4.69) is 34.1 Å². The van der Waals surface area contributed by atoms with Crippen molar-refractivity contribution in [2.75, 3.05) is 39.3 Å². The Balaban J connectivity index is 0.00000240. The van der Waals surface area contributed by atoms with E-state index in [-0.39, 0.29) is 29.6 Å². The lowest BCUT2D eigenvalue weighted by molar-refractivity contribution is -0.127. The van der Waals surface area contributed by atoms with Crippen LogP contribution in [0.2, 0.25) is 0 Å². The van der Waals surface area contributed by atoms with Gasteiger partial charge in [-0.15, -0.1) is 12.4 Å². The van der Waals surface area contributed by atoms with Crippen molar-refractivity contribution in [3.63, 3.8) is 0 Å². The minimum Gasteiger partial charge on any atom is -0.371 e. The molecule has 0 unspecified atom stereocenters. The minimum atomic E-state index is -0.566. The molecule has 1 aromatic carbocycles. The molecule has 1 spiro atoms. The van der Waals surface area contributed by atoms with Crippen LogP contribution in [0.25, 0.3) is 0 Å². The summed E-state index contributed by atoms with van der Waals surface area (Å²) in [7, 11) is 0. The van der Waals surface area contributed by atoms with Crippen molar-refractivity contribution in [2.24, 2.45) is 0 Å².